The topological polar surface area (TPSA) is 67.9 Å². The van der Waals surface area contributed by atoms with Crippen LogP contribution < -0.4 is 5.32 Å². The first kappa shape index (κ1) is 15.7. The number of carbonyl (C=O) groups excluding carboxylic acids is 2. The molecule has 1 aliphatic heterocycles. The lowest BCUT2D eigenvalue weighted by molar-refractivity contribution is -0.149. The number of hydrogen-bond donors (Lipinski definition) is 1. The monoisotopic (exact) mass is 270 g/mol. The van der Waals surface area contributed by atoms with Crippen LogP contribution in [-0.4, -0.2) is 62.3 Å². The molecule has 19 heavy (non-hydrogen) atoms. The average Bonchev–Trinajstić information content (AvgIpc) is 2.40. The van der Waals surface area contributed by atoms with Gasteiger partial charge in [-0.3, -0.25) is 9.69 Å². The summed E-state index contributed by atoms with van der Waals surface area (Å²) in [6.07, 6.45) is 3.11. The van der Waals surface area contributed by atoms with Gasteiger partial charge in [0.25, 0.3) is 0 Å². The van der Waals surface area contributed by atoms with E-state index in [1.165, 1.54) is 6.08 Å². The van der Waals surface area contributed by atoms with E-state index >= 15 is 0 Å². The van der Waals surface area contributed by atoms with Gasteiger partial charge in [-0.25, -0.2) is 4.79 Å². The predicted octanol–water partition coefficient (Wildman–Crippen LogP) is -0.0574. The van der Waals surface area contributed by atoms with Crippen LogP contribution in [0.25, 0.3) is 0 Å². The normalized spacial score (nSPS) is 20.4. The van der Waals surface area contributed by atoms with Crippen LogP contribution in [0.2, 0.25) is 0 Å². The van der Waals surface area contributed by atoms with Gasteiger partial charge in [0.1, 0.15) is 6.04 Å². The summed E-state index contributed by atoms with van der Waals surface area (Å²) in [6.45, 7) is 6.97. The lowest BCUT2D eigenvalue weighted by atomic mass is 10.2. The van der Waals surface area contributed by atoms with Crippen LogP contribution in [0.3, 0.4) is 0 Å². The molecule has 108 valence electrons. The number of hydrogen-bond acceptors (Lipinski definition) is 6. The van der Waals surface area contributed by atoms with Crippen molar-refractivity contribution < 1.29 is 19.1 Å². The Labute approximate surface area is 113 Å². The van der Waals surface area contributed by atoms with Gasteiger partial charge in [0.15, 0.2) is 0 Å². The Kier molecular flexibility index (Phi) is 7.14. The zero-order valence-corrected chi connectivity index (χ0v) is 11.6. The van der Waals surface area contributed by atoms with Gasteiger partial charge in [-0.05, 0) is 13.8 Å². The summed E-state index contributed by atoms with van der Waals surface area (Å²) >= 11 is 0. The van der Waals surface area contributed by atoms with Crippen molar-refractivity contribution >= 4 is 11.9 Å². The average molecular weight is 270 g/mol. The van der Waals surface area contributed by atoms with Crippen LogP contribution in [0.15, 0.2) is 12.2 Å². The van der Waals surface area contributed by atoms with Gasteiger partial charge in [0.2, 0.25) is 0 Å². The van der Waals surface area contributed by atoms with Crippen molar-refractivity contribution in [3.63, 3.8) is 0 Å². The largest absolute Gasteiger partial charge is 0.465 e. The second-order valence-corrected chi connectivity index (χ2v) is 4.12. The summed E-state index contributed by atoms with van der Waals surface area (Å²) < 4.78 is 9.84. The van der Waals surface area contributed by atoms with Crippen LogP contribution in [0.4, 0.5) is 0 Å². The van der Waals surface area contributed by atoms with Gasteiger partial charge in [0.05, 0.1) is 13.2 Å². The Morgan fingerprint density at radius 2 is 2.05 bits per heavy atom. The Morgan fingerprint density at radius 1 is 1.32 bits per heavy atom. The van der Waals surface area contributed by atoms with Crippen LogP contribution >= 0.6 is 0 Å². The maximum Gasteiger partial charge on any atom is 0.330 e. The highest BCUT2D eigenvalue weighted by atomic mass is 16.5. The van der Waals surface area contributed by atoms with E-state index in [0.29, 0.717) is 26.3 Å². The zero-order chi connectivity index (χ0) is 14.1. The van der Waals surface area contributed by atoms with Gasteiger partial charge < -0.3 is 14.8 Å². The van der Waals surface area contributed by atoms with Gasteiger partial charge in [-0.15, -0.1) is 0 Å². The summed E-state index contributed by atoms with van der Waals surface area (Å²) in [6, 6.07) is -0.291. The van der Waals surface area contributed by atoms with Crippen molar-refractivity contribution in [2.45, 2.75) is 19.9 Å². The Balaban J connectivity index is 2.48. The minimum atomic E-state index is -0.356. The Hall–Kier alpha value is -1.40. The van der Waals surface area contributed by atoms with Crippen molar-refractivity contribution in [1.29, 1.82) is 0 Å². The maximum atomic E-state index is 11.8. The summed E-state index contributed by atoms with van der Waals surface area (Å²) in [5, 5.41) is 3.17. The van der Waals surface area contributed by atoms with Crippen molar-refractivity contribution in [1.82, 2.24) is 10.2 Å². The lowest BCUT2D eigenvalue weighted by Gasteiger charge is -2.33. The molecular weight excluding hydrogens is 248 g/mol. The van der Waals surface area contributed by atoms with E-state index in [1.807, 2.05) is 4.90 Å². The van der Waals surface area contributed by atoms with Crippen molar-refractivity contribution in [2.75, 3.05) is 39.4 Å². The zero-order valence-electron chi connectivity index (χ0n) is 11.6. The van der Waals surface area contributed by atoms with E-state index in [4.69, 9.17) is 9.47 Å². The molecule has 0 amide bonds. The van der Waals surface area contributed by atoms with Crippen molar-refractivity contribution in [3.05, 3.63) is 12.2 Å². The minimum Gasteiger partial charge on any atom is -0.465 e. The number of esters is 2. The fourth-order valence-electron chi connectivity index (χ4n) is 1.91. The van der Waals surface area contributed by atoms with Crippen molar-refractivity contribution in [2.24, 2.45) is 0 Å². The number of piperazine rings is 1. The number of nitrogens with one attached hydrogen (secondary N) is 1. The number of carbonyl (C=O) groups is 2. The van der Waals surface area contributed by atoms with E-state index in [9.17, 15) is 9.59 Å². The molecule has 0 aliphatic carbocycles. The van der Waals surface area contributed by atoms with Crippen LogP contribution in [0, 0.1) is 0 Å². The molecule has 0 aromatic heterocycles. The molecule has 0 saturated carbocycles. The molecule has 1 rings (SSSR count). The number of ether oxygens (including phenoxy) is 2. The fourth-order valence-corrected chi connectivity index (χ4v) is 1.91. The smallest absolute Gasteiger partial charge is 0.330 e. The lowest BCUT2D eigenvalue weighted by Crippen LogP contribution is -2.55. The third-order valence-electron chi connectivity index (χ3n) is 2.79. The first-order valence-corrected chi connectivity index (χ1v) is 6.63. The number of rotatable bonds is 6. The van der Waals surface area contributed by atoms with Crippen LogP contribution in [0.1, 0.15) is 13.8 Å². The molecule has 0 aromatic carbocycles. The van der Waals surface area contributed by atoms with E-state index < -0.39 is 0 Å². The molecular formula is C13H22N2O4. The summed E-state index contributed by atoms with van der Waals surface area (Å²) in [5.41, 5.74) is 0. The van der Waals surface area contributed by atoms with Crippen LogP contribution in [-0.2, 0) is 19.1 Å². The van der Waals surface area contributed by atoms with E-state index in [1.54, 1.807) is 19.9 Å². The molecule has 0 radical (unpaired) electrons. The van der Waals surface area contributed by atoms with E-state index in [2.05, 4.69) is 5.32 Å². The second-order valence-electron chi connectivity index (χ2n) is 4.12. The summed E-state index contributed by atoms with van der Waals surface area (Å²) in [7, 11) is 0. The third-order valence-corrected chi connectivity index (χ3v) is 2.79. The SMILES string of the molecule is CCOC(=O)/C=C/CN1CCNCC1C(=O)OCC. The molecule has 0 bridgehead atoms. The first-order valence-electron chi connectivity index (χ1n) is 6.63. The summed E-state index contributed by atoms with van der Waals surface area (Å²) in [5.74, 6) is -0.579. The highest BCUT2D eigenvalue weighted by Gasteiger charge is 2.28. The Morgan fingerprint density at radius 3 is 2.74 bits per heavy atom. The molecule has 1 aliphatic rings. The van der Waals surface area contributed by atoms with Gasteiger partial charge in [-0.2, -0.15) is 0 Å². The molecule has 6 heteroatoms. The molecule has 1 heterocycles. The first-order chi connectivity index (χ1) is 9.19. The second kappa shape index (κ2) is 8.66. The van der Waals surface area contributed by atoms with E-state index in [0.717, 1.165) is 13.1 Å². The molecule has 1 saturated heterocycles. The highest BCUT2D eigenvalue weighted by molar-refractivity contribution is 5.82. The molecule has 1 unspecified atom stereocenters. The minimum absolute atomic E-state index is 0.223. The van der Waals surface area contributed by atoms with E-state index in [-0.39, 0.29) is 18.0 Å². The maximum absolute atomic E-state index is 11.8. The van der Waals surface area contributed by atoms with Gasteiger partial charge in [0, 0.05) is 32.3 Å². The molecule has 1 N–H and O–H groups in total. The third kappa shape index (κ3) is 5.40. The molecule has 6 nitrogen and oxygen atoms in total. The standard InChI is InChI=1S/C13H22N2O4/c1-3-18-12(16)6-5-8-15-9-7-14-10-11(15)13(17)19-4-2/h5-6,11,14H,3-4,7-10H2,1-2H3/b6-5+. The predicted molar refractivity (Wildman–Crippen MR) is 70.6 cm³/mol. The number of nitrogens with zero attached hydrogens (tertiary/aromatic N) is 1. The summed E-state index contributed by atoms with van der Waals surface area (Å²) in [4.78, 5) is 24.9. The highest BCUT2D eigenvalue weighted by Crippen LogP contribution is 2.05. The Bertz CT molecular complexity index is 331. The molecule has 0 aromatic rings. The van der Waals surface area contributed by atoms with Gasteiger partial charge >= 0.3 is 11.9 Å². The van der Waals surface area contributed by atoms with Crippen LogP contribution in [0.5, 0.6) is 0 Å². The quantitative estimate of drug-likeness (QED) is 0.539. The molecule has 1 atom stereocenters. The van der Waals surface area contributed by atoms with Gasteiger partial charge in [-0.1, -0.05) is 6.08 Å². The molecule has 0 spiro atoms. The fraction of sp³-hybridized carbons (Fsp3) is 0.692. The van der Waals surface area contributed by atoms with Crippen molar-refractivity contribution in [3.8, 4) is 0 Å². The molecule has 1 fully saturated rings.